The lowest BCUT2D eigenvalue weighted by Crippen LogP contribution is -2.49. The van der Waals surface area contributed by atoms with Crippen LogP contribution in [0, 0.1) is 12.7 Å². The first kappa shape index (κ1) is 25.3. The maximum Gasteiger partial charge on any atom is 0.266 e. The van der Waals surface area contributed by atoms with Gasteiger partial charge in [0.25, 0.3) is 6.43 Å². The second kappa shape index (κ2) is 11.3. The minimum atomic E-state index is -2.93. The zero-order valence-electron chi connectivity index (χ0n) is 19.5. The summed E-state index contributed by atoms with van der Waals surface area (Å²) in [5.41, 5.74) is 3.05. The van der Waals surface area contributed by atoms with Crippen LogP contribution in [0.2, 0.25) is 0 Å². The number of aryl methyl sites for hydroxylation is 1. The molecule has 1 amide bonds. The summed E-state index contributed by atoms with van der Waals surface area (Å²) < 4.78 is 57.8. The lowest BCUT2D eigenvalue weighted by molar-refractivity contribution is -0.127. The number of alkyl halides is 2. The number of nitrogens with zero attached hydrogens (tertiary/aromatic N) is 3. The molecule has 0 radical (unpaired) electrons. The van der Waals surface area contributed by atoms with Crippen molar-refractivity contribution in [1.82, 2.24) is 20.4 Å². The Balaban J connectivity index is 1.62. The minimum Gasteiger partial charge on any atom is -0.379 e. The van der Waals surface area contributed by atoms with E-state index in [2.05, 4.69) is 20.7 Å². The summed E-state index contributed by atoms with van der Waals surface area (Å²) in [6, 6.07) is 3.15. The molecule has 2 N–H and O–H groups in total. The van der Waals surface area contributed by atoms with E-state index in [4.69, 9.17) is 14.2 Å². The fraction of sp³-hybridized carbons (Fsp3) is 0.522. The minimum absolute atomic E-state index is 0.0601. The number of rotatable bonds is 8. The van der Waals surface area contributed by atoms with Crippen LogP contribution < -0.4 is 10.7 Å². The van der Waals surface area contributed by atoms with E-state index in [9.17, 15) is 18.0 Å². The van der Waals surface area contributed by atoms with E-state index in [-0.39, 0.29) is 23.7 Å². The Morgan fingerprint density at radius 1 is 1.14 bits per heavy atom. The number of morpholine rings is 1. The average molecular weight is 496 g/mol. The van der Waals surface area contributed by atoms with Crippen molar-refractivity contribution in [3.8, 4) is 0 Å². The molecule has 3 heterocycles. The molecule has 1 unspecified atom stereocenters. The van der Waals surface area contributed by atoms with Crippen LogP contribution in [-0.4, -0.2) is 60.4 Å². The number of benzene rings is 1. The van der Waals surface area contributed by atoms with Gasteiger partial charge in [-0.25, -0.2) is 28.1 Å². The summed E-state index contributed by atoms with van der Waals surface area (Å²) in [7, 11) is 0. The van der Waals surface area contributed by atoms with Crippen molar-refractivity contribution in [1.29, 1.82) is 0 Å². The van der Waals surface area contributed by atoms with Gasteiger partial charge in [-0.3, -0.25) is 10.2 Å². The Labute approximate surface area is 200 Å². The molecule has 0 spiro atoms. The zero-order chi connectivity index (χ0) is 24.9. The summed E-state index contributed by atoms with van der Waals surface area (Å²) in [5.74, 6) is -0.599. The molecule has 12 heteroatoms. The van der Waals surface area contributed by atoms with E-state index >= 15 is 0 Å². The topological polar surface area (TPSA) is 97.8 Å². The van der Waals surface area contributed by atoms with Crippen molar-refractivity contribution < 1.29 is 32.2 Å². The molecule has 0 aliphatic carbocycles. The number of carbonyl (C=O) groups is 1. The molecule has 4 rings (SSSR count). The monoisotopic (exact) mass is 495 g/mol. The van der Waals surface area contributed by atoms with Gasteiger partial charge >= 0.3 is 0 Å². The average Bonchev–Trinajstić information content (AvgIpc) is 3.33. The molecular weight excluding hydrogens is 467 g/mol. The van der Waals surface area contributed by atoms with Crippen molar-refractivity contribution in [3.63, 3.8) is 0 Å². The summed E-state index contributed by atoms with van der Waals surface area (Å²) in [6.07, 6.45) is -3.83. The molecule has 0 saturated carbocycles. The third kappa shape index (κ3) is 6.07. The van der Waals surface area contributed by atoms with Gasteiger partial charge in [0.05, 0.1) is 55.7 Å². The summed E-state index contributed by atoms with van der Waals surface area (Å²) in [5, 5.41) is 4.87. The van der Waals surface area contributed by atoms with E-state index < -0.39 is 30.1 Å². The summed E-state index contributed by atoms with van der Waals surface area (Å²) >= 11 is 0. The van der Waals surface area contributed by atoms with Crippen LogP contribution in [0.25, 0.3) is 0 Å². The predicted octanol–water partition coefficient (Wildman–Crippen LogP) is 2.99. The first-order chi connectivity index (χ1) is 16.8. The third-order valence-electron chi connectivity index (χ3n) is 5.73. The van der Waals surface area contributed by atoms with Gasteiger partial charge < -0.3 is 19.5 Å². The number of carbonyl (C=O) groups excluding carboxylic acids is 1. The van der Waals surface area contributed by atoms with E-state index in [0.717, 1.165) is 6.07 Å². The van der Waals surface area contributed by atoms with Gasteiger partial charge in [-0.15, -0.1) is 0 Å². The molecule has 2 fully saturated rings. The maximum absolute atomic E-state index is 14.8. The number of aromatic nitrogens is 2. The second-order valence-corrected chi connectivity index (χ2v) is 8.28. The Hall–Kier alpha value is -2.80. The highest BCUT2D eigenvalue weighted by molar-refractivity contribution is 5.78. The highest BCUT2D eigenvalue weighted by atomic mass is 19.3. The largest absolute Gasteiger partial charge is 0.379 e. The second-order valence-electron chi connectivity index (χ2n) is 8.28. The first-order valence-corrected chi connectivity index (χ1v) is 11.4. The van der Waals surface area contributed by atoms with Crippen LogP contribution in [0.4, 0.5) is 19.0 Å². The van der Waals surface area contributed by atoms with Crippen molar-refractivity contribution in [2.75, 3.05) is 44.8 Å². The maximum atomic E-state index is 14.8. The number of halogens is 3. The van der Waals surface area contributed by atoms with Gasteiger partial charge in [-0.2, -0.15) is 0 Å². The highest BCUT2D eigenvalue weighted by Gasteiger charge is 2.30. The molecule has 2 aliphatic rings. The number of hydrazine groups is 1. The molecule has 2 aromatic rings. The summed E-state index contributed by atoms with van der Waals surface area (Å²) in [4.78, 5) is 21.7. The van der Waals surface area contributed by atoms with Gasteiger partial charge in [-0.05, 0) is 13.8 Å². The lowest BCUT2D eigenvalue weighted by atomic mass is 10.0. The zero-order valence-corrected chi connectivity index (χ0v) is 19.5. The van der Waals surface area contributed by atoms with Crippen LogP contribution in [0.5, 0.6) is 0 Å². The number of hydrogen-bond donors (Lipinski definition) is 2. The number of ether oxygens (including phenoxy) is 3. The molecule has 35 heavy (non-hydrogen) atoms. The van der Waals surface area contributed by atoms with Gasteiger partial charge in [0.15, 0.2) is 6.29 Å². The smallest absolute Gasteiger partial charge is 0.266 e. The van der Waals surface area contributed by atoms with Crippen LogP contribution in [0.15, 0.2) is 18.2 Å². The van der Waals surface area contributed by atoms with Gasteiger partial charge in [0.1, 0.15) is 17.5 Å². The fourth-order valence-corrected chi connectivity index (χ4v) is 4.05. The Morgan fingerprint density at radius 2 is 1.83 bits per heavy atom. The molecule has 1 aromatic carbocycles. The first-order valence-electron chi connectivity index (χ1n) is 11.4. The molecule has 2 saturated heterocycles. The number of amides is 1. The van der Waals surface area contributed by atoms with Crippen LogP contribution in [0.1, 0.15) is 53.9 Å². The lowest BCUT2D eigenvalue weighted by Gasteiger charge is -2.27. The van der Waals surface area contributed by atoms with Gasteiger partial charge in [0.2, 0.25) is 5.91 Å². The SMILES string of the molecule is Cc1nc(CC(=O)NN2CCOCC2)c(C2OCCO2)c(NC(C)c2cccc(C(F)F)c2F)n1. The molecule has 190 valence electrons. The van der Waals surface area contributed by atoms with Crippen molar-refractivity contribution in [2.45, 2.75) is 39.0 Å². The molecule has 1 aromatic heterocycles. The third-order valence-corrected chi connectivity index (χ3v) is 5.73. The standard InChI is InChI=1S/C23H28F3N5O4/c1-13(15-4-3-5-16(20(15)24)21(25)26)27-22-19(23-34-10-11-35-23)17(28-14(2)29-22)12-18(32)30-31-6-8-33-9-7-31/h3-5,13,21,23H,6-12H2,1-2H3,(H,30,32)(H,27,28,29). The van der Waals surface area contributed by atoms with E-state index in [0.29, 0.717) is 56.6 Å². The normalized spacial score (nSPS) is 18.1. The molecular formula is C23H28F3N5O4. The summed E-state index contributed by atoms with van der Waals surface area (Å²) in [6.45, 7) is 6.19. The Bertz CT molecular complexity index is 1050. The molecule has 9 nitrogen and oxygen atoms in total. The van der Waals surface area contributed by atoms with Gasteiger partial charge in [-0.1, -0.05) is 18.2 Å². The van der Waals surface area contributed by atoms with E-state index in [1.807, 2.05) is 0 Å². The van der Waals surface area contributed by atoms with E-state index in [1.165, 1.54) is 12.1 Å². The van der Waals surface area contributed by atoms with Crippen molar-refractivity contribution in [3.05, 3.63) is 52.2 Å². The predicted molar refractivity (Wildman–Crippen MR) is 119 cm³/mol. The van der Waals surface area contributed by atoms with Crippen molar-refractivity contribution in [2.24, 2.45) is 0 Å². The number of hydrogen-bond acceptors (Lipinski definition) is 8. The Morgan fingerprint density at radius 3 is 2.51 bits per heavy atom. The van der Waals surface area contributed by atoms with Crippen LogP contribution in [0.3, 0.4) is 0 Å². The highest BCUT2D eigenvalue weighted by Crippen LogP contribution is 2.34. The van der Waals surface area contributed by atoms with Crippen LogP contribution in [-0.2, 0) is 25.4 Å². The van der Waals surface area contributed by atoms with Gasteiger partial charge in [0, 0.05) is 18.7 Å². The van der Waals surface area contributed by atoms with Crippen LogP contribution >= 0.6 is 0 Å². The number of anilines is 1. The number of nitrogens with one attached hydrogen (secondary N) is 2. The quantitative estimate of drug-likeness (QED) is 0.577. The Kier molecular flexibility index (Phi) is 8.16. The van der Waals surface area contributed by atoms with Crippen molar-refractivity contribution >= 4 is 11.7 Å². The van der Waals surface area contributed by atoms with E-state index in [1.54, 1.807) is 18.9 Å². The molecule has 1 atom stereocenters. The fourth-order valence-electron chi connectivity index (χ4n) is 4.05. The molecule has 0 bridgehead atoms. The molecule has 2 aliphatic heterocycles.